The highest BCUT2D eigenvalue weighted by Gasteiger charge is 2.33. The zero-order chi connectivity index (χ0) is 27.8. The normalized spacial score (nSPS) is 16.3. The van der Waals surface area contributed by atoms with Gasteiger partial charge in [-0.15, -0.1) is 0 Å². The number of halogens is 3. The van der Waals surface area contributed by atoms with Crippen molar-refractivity contribution in [3.8, 4) is 17.2 Å². The summed E-state index contributed by atoms with van der Waals surface area (Å²) >= 11 is 13.4. The van der Waals surface area contributed by atoms with Crippen LogP contribution >= 0.6 is 23.2 Å². The van der Waals surface area contributed by atoms with E-state index in [0.717, 1.165) is 61.3 Å². The Labute approximate surface area is 238 Å². The minimum absolute atomic E-state index is 0.237. The van der Waals surface area contributed by atoms with E-state index in [1.807, 2.05) is 31.3 Å². The highest BCUT2D eigenvalue weighted by molar-refractivity contribution is 6.37. The number of rotatable bonds is 4. The highest BCUT2D eigenvalue weighted by atomic mass is 35.5. The number of aromatic nitrogens is 3. The van der Waals surface area contributed by atoms with E-state index >= 15 is 4.39 Å². The highest BCUT2D eigenvalue weighted by Crippen LogP contribution is 2.43. The predicted octanol–water partition coefficient (Wildman–Crippen LogP) is 6.21. The second-order valence-electron chi connectivity index (χ2n) is 10.4. The quantitative estimate of drug-likeness (QED) is 0.316. The molecule has 6 rings (SSSR count). The number of piperidine rings is 1. The first-order valence-corrected chi connectivity index (χ1v) is 13.9. The van der Waals surface area contributed by atoms with Gasteiger partial charge in [-0.25, -0.2) is 9.37 Å². The lowest BCUT2D eigenvalue weighted by Gasteiger charge is -2.43. The molecular weight excluding hydrogens is 536 g/mol. The maximum absolute atomic E-state index is 16.4. The molecule has 7 nitrogen and oxygen atoms in total. The number of nitrogens with zero attached hydrogens (tertiary/aromatic N) is 6. The number of fused-ring (bicyclic) bond motifs is 3. The molecule has 2 saturated heterocycles. The molecule has 2 aromatic heterocycles. The van der Waals surface area contributed by atoms with Gasteiger partial charge in [-0.05, 0) is 58.6 Å². The van der Waals surface area contributed by atoms with Gasteiger partial charge < -0.3 is 15.1 Å². The summed E-state index contributed by atoms with van der Waals surface area (Å²) < 4.78 is 18.5. The summed E-state index contributed by atoms with van der Waals surface area (Å²) in [5.74, 6) is 0.328. The molecule has 0 bridgehead atoms. The Morgan fingerprint density at radius 1 is 1.15 bits per heavy atom. The smallest absolute Gasteiger partial charge is 0.158 e. The van der Waals surface area contributed by atoms with Crippen molar-refractivity contribution in [1.29, 1.82) is 5.26 Å². The molecule has 0 amide bonds. The van der Waals surface area contributed by atoms with Gasteiger partial charge in [0.1, 0.15) is 11.3 Å². The molecule has 204 valence electrons. The molecule has 39 heavy (non-hydrogen) atoms. The van der Waals surface area contributed by atoms with E-state index in [2.05, 4.69) is 33.9 Å². The van der Waals surface area contributed by atoms with Gasteiger partial charge >= 0.3 is 0 Å². The maximum Gasteiger partial charge on any atom is 0.158 e. The summed E-state index contributed by atoms with van der Waals surface area (Å²) in [6, 6.07) is 9.84. The van der Waals surface area contributed by atoms with Crippen LogP contribution < -0.4 is 10.2 Å². The molecule has 2 aliphatic rings. The van der Waals surface area contributed by atoms with Crippen molar-refractivity contribution >= 4 is 50.8 Å². The van der Waals surface area contributed by atoms with Crippen molar-refractivity contribution in [2.45, 2.75) is 38.8 Å². The summed E-state index contributed by atoms with van der Waals surface area (Å²) in [7, 11) is 4.17. The minimum Gasteiger partial charge on any atom is -0.353 e. The second kappa shape index (κ2) is 11.3. The van der Waals surface area contributed by atoms with Gasteiger partial charge in [-0.3, -0.25) is 4.68 Å². The van der Waals surface area contributed by atoms with Crippen LogP contribution in [-0.4, -0.2) is 66.0 Å². The first-order chi connectivity index (χ1) is 18.8. The number of nitriles is 1. The monoisotopic (exact) mass is 567 g/mol. The largest absolute Gasteiger partial charge is 0.353 e. The summed E-state index contributed by atoms with van der Waals surface area (Å²) in [5, 5.41) is 18.0. The van der Waals surface area contributed by atoms with Crippen molar-refractivity contribution in [3.63, 3.8) is 0 Å². The van der Waals surface area contributed by atoms with Crippen molar-refractivity contribution in [3.05, 3.63) is 51.9 Å². The molecule has 0 saturated carbocycles. The van der Waals surface area contributed by atoms with Crippen LogP contribution in [0, 0.1) is 24.1 Å². The standard InChI is InChI=1S/C27H29Cl2FN6.C2H3N/c1-15-5-4-6-18(23(15)29)22-21(28)11-19-25(24(22)30)33-27(35-13-17(14-35)34(2)3)20-12-32-36(26(19)20)16-7-9-31-10-8-16;1-2-3/h4-6,11-12,16-17,31H,7-10,13-14H2,1-3H3;1H3. The molecular formula is C29H32Cl2FN7. The number of hydrogen-bond donors (Lipinski definition) is 1. The lowest BCUT2D eigenvalue weighted by Crippen LogP contribution is -2.57. The van der Waals surface area contributed by atoms with Gasteiger partial charge in [-0.1, -0.05) is 41.4 Å². The third kappa shape index (κ3) is 4.93. The average molecular weight is 569 g/mol. The Hall–Kier alpha value is -2.96. The van der Waals surface area contributed by atoms with E-state index < -0.39 is 5.82 Å². The molecule has 4 heterocycles. The summed E-state index contributed by atoms with van der Waals surface area (Å²) in [6.07, 6.45) is 3.82. The van der Waals surface area contributed by atoms with Gasteiger partial charge in [0.2, 0.25) is 0 Å². The first-order valence-electron chi connectivity index (χ1n) is 13.1. The van der Waals surface area contributed by atoms with Crippen molar-refractivity contribution in [1.82, 2.24) is 25.0 Å². The molecule has 0 aliphatic carbocycles. The van der Waals surface area contributed by atoms with E-state index in [-0.39, 0.29) is 6.04 Å². The number of benzene rings is 2. The van der Waals surface area contributed by atoms with E-state index in [4.69, 9.17) is 38.5 Å². The minimum atomic E-state index is -0.448. The topological polar surface area (TPSA) is 73.0 Å². The third-order valence-corrected chi connectivity index (χ3v) is 8.51. The van der Waals surface area contributed by atoms with Crippen LogP contribution in [0.1, 0.15) is 31.4 Å². The zero-order valence-corrected chi connectivity index (χ0v) is 24.1. The van der Waals surface area contributed by atoms with Crippen LogP contribution in [0.15, 0.2) is 30.5 Å². The fourth-order valence-electron chi connectivity index (χ4n) is 5.47. The van der Waals surface area contributed by atoms with Crippen molar-refractivity contribution in [2.24, 2.45) is 0 Å². The molecule has 0 radical (unpaired) electrons. The van der Waals surface area contributed by atoms with Crippen LogP contribution in [0.5, 0.6) is 0 Å². The summed E-state index contributed by atoms with van der Waals surface area (Å²) in [5.41, 5.74) is 2.94. The Bertz CT molecular complexity index is 1560. The molecule has 0 atom stereocenters. The number of hydrogen-bond acceptors (Lipinski definition) is 6. The van der Waals surface area contributed by atoms with Crippen LogP contribution in [0.4, 0.5) is 10.2 Å². The molecule has 2 aliphatic heterocycles. The second-order valence-corrected chi connectivity index (χ2v) is 11.2. The van der Waals surface area contributed by atoms with E-state index in [9.17, 15) is 0 Å². The third-order valence-electron chi connectivity index (χ3n) is 7.71. The number of nitrogens with one attached hydrogen (secondary N) is 1. The van der Waals surface area contributed by atoms with Crippen molar-refractivity contribution < 1.29 is 4.39 Å². The van der Waals surface area contributed by atoms with Crippen molar-refractivity contribution in [2.75, 3.05) is 45.2 Å². The van der Waals surface area contributed by atoms with Crippen LogP contribution in [0.3, 0.4) is 0 Å². The Balaban J connectivity index is 0.000000983. The summed E-state index contributed by atoms with van der Waals surface area (Å²) in [6.45, 7) is 6.88. The fraction of sp³-hybridized carbons (Fsp3) is 0.414. The van der Waals surface area contributed by atoms with Gasteiger partial charge in [0.15, 0.2) is 5.82 Å². The van der Waals surface area contributed by atoms with E-state index in [1.165, 1.54) is 6.92 Å². The molecule has 0 unspecified atom stereocenters. The van der Waals surface area contributed by atoms with Crippen LogP contribution in [-0.2, 0) is 0 Å². The van der Waals surface area contributed by atoms with Crippen LogP contribution in [0.25, 0.3) is 32.9 Å². The average Bonchev–Trinajstić information content (AvgIpc) is 3.33. The lowest BCUT2D eigenvalue weighted by molar-refractivity contribution is 0.246. The molecule has 2 aromatic carbocycles. The number of anilines is 1. The van der Waals surface area contributed by atoms with E-state index in [0.29, 0.717) is 38.1 Å². The number of likely N-dealkylation sites (N-methyl/N-ethyl adjacent to an activating group) is 1. The Morgan fingerprint density at radius 3 is 2.51 bits per heavy atom. The van der Waals surface area contributed by atoms with Gasteiger partial charge in [0, 0.05) is 42.6 Å². The van der Waals surface area contributed by atoms with E-state index in [1.54, 1.807) is 12.1 Å². The first kappa shape index (κ1) is 27.6. The fourth-order valence-corrected chi connectivity index (χ4v) is 5.98. The number of aryl methyl sites for hydroxylation is 1. The molecule has 4 aromatic rings. The summed E-state index contributed by atoms with van der Waals surface area (Å²) in [4.78, 5) is 9.35. The molecule has 10 heteroatoms. The number of pyridine rings is 1. The molecule has 1 N–H and O–H groups in total. The van der Waals surface area contributed by atoms with Crippen LogP contribution in [0.2, 0.25) is 10.0 Å². The van der Waals surface area contributed by atoms with Gasteiger partial charge in [0.05, 0.1) is 39.3 Å². The lowest BCUT2D eigenvalue weighted by atomic mass is 9.99. The zero-order valence-electron chi connectivity index (χ0n) is 22.6. The van der Waals surface area contributed by atoms with Gasteiger partial charge in [0.25, 0.3) is 0 Å². The Kier molecular flexibility index (Phi) is 7.97. The SMILES string of the molecule is CC#N.Cc1cccc(-c2c(Cl)cc3c(nc(N4CC(N(C)C)C4)c4cnn(C5CCNCC5)c43)c2F)c1Cl. The maximum atomic E-state index is 16.4. The molecule has 0 spiro atoms. The molecule has 2 fully saturated rings. The predicted molar refractivity (Wildman–Crippen MR) is 157 cm³/mol. The van der Waals surface area contributed by atoms with Gasteiger partial charge in [-0.2, -0.15) is 10.4 Å². The Morgan fingerprint density at radius 2 is 1.85 bits per heavy atom.